The van der Waals surface area contributed by atoms with Gasteiger partial charge in [-0.2, -0.15) is 0 Å². The lowest BCUT2D eigenvalue weighted by atomic mass is 10.1. The van der Waals surface area contributed by atoms with E-state index in [0.717, 1.165) is 6.42 Å². The second kappa shape index (κ2) is 5.56. The predicted molar refractivity (Wildman–Crippen MR) is 68.2 cm³/mol. The second-order valence-corrected chi connectivity index (χ2v) is 3.78. The van der Waals surface area contributed by atoms with Crippen LogP contribution >= 0.6 is 0 Å². The second-order valence-electron chi connectivity index (χ2n) is 3.78. The van der Waals surface area contributed by atoms with E-state index in [-0.39, 0.29) is 0 Å². The summed E-state index contributed by atoms with van der Waals surface area (Å²) >= 11 is 0. The molecule has 0 saturated heterocycles. The molecule has 0 aromatic heterocycles. The predicted octanol–water partition coefficient (Wildman–Crippen LogP) is 2.29. The average molecular weight is 204 g/mol. The number of anilines is 1. The number of nitrogens with two attached hydrogens (primary N) is 1. The van der Waals surface area contributed by atoms with Crippen LogP contribution in [0.1, 0.15) is 18.1 Å². The van der Waals surface area contributed by atoms with Gasteiger partial charge < -0.3 is 10.6 Å². The number of rotatable bonds is 4. The first-order valence-electron chi connectivity index (χ1n) is 5.36. The molecule has 0 fully saturated rings. The molecule has 0 saturated carbocycles. The largest absolute Gasteiger partial charge is 0.377 e. The summed E-state index contributed by atoms with van der Waals surface area (Å²) in [6.45, 7) is 2.75. The fraction of sp³-hybridized carbons (Fsp3) is 0.385. The van der Waals surface area contributed by atoms with Gasteiger partial charge in [-0.3, -0.25) is 0 Å². The molecule has 0 atom stereocenters. The van der Waals surface area contributed by atoms with Crippen molar-refractivity contribution in [3.8, 4) is 0 Å². The van der Waals surface area contributed by atoms with Gasteiger partial charge in [0.05, 0.1) is 0 Å². The highest BCUT2D eigenvalue weighted by Gasteiger charge is 2.02. The fourth-order valence-electron chi connectivity index (χ4n) is 1.56. The number of hydrogen-bond acceptors (Lipinski definition) is 2. The Kier molecular flexibility index (Phi) is 4.37. The molecule has 0 aliphatic carbocycles. The van der Waals surface area contributed by atoms with E-state index >= 15 is 0 Å². The lowest BCUT2D eigenvalue weighted by Gasteiger charge is -2.16. The molecule has 0 unspecified atom stereocenters. The van der Waals surface area contributed by atoms with Crippen LogP contribution in [0.25, 0.3) is 6.08 Å². The van der Waals surface area contributed by atoms with Crippen LogP contribution in [0.5, 0.6) is 0 Å². The molecule has 1 aromatic carbocycles. The third kappa shape index (κ3) is 3.10. The maximum Gasteiger partial charge on any atom is 0.0434 e. The van der Waals surface area contributed by atoms with Crippen molar-refractivity contribution in [3.05, 3.63) is 35.4 Å². The summed E-state index contributed by atoms with van der Waals surface area (Å²) in [7, 11) is 4.11. The Balaban J connectivity index is 3.10. The van der Waals surface area contributed by atoms with E-state index < -0.39 is 0 Å². The lowest BCUT2D eigenvalue weighted by molar-refractivity contribution is 1.10. The third-order valence-corrected chi connectivity index (χ3v) is 2.42. The maximum absolute atomic E-state index is 5.47. The summed E-state index contributed by atoms with van der Waals surface area (Å²) < 4.78 is 0. The van der Waals surface area contributed by atoms with Gasteiger partial charge in [-0.1, -0.05) is 25.1 Å². The van der Waals surface area contributed by atoms with Crippen LogP contribution < -0.4 is 10.6 Å². The summed E-state index contributed by atoms with van der Waals surface area (Å²) in [4.78, 5) is 2.12. The molecular weight excluding hydrogens is 184 g/mol. The first-order valence-corrected chi connectivity index (χ1v) is 5.36. The van der Waals surface area contributed by atoms with Crippen molar-refractivity contribution in [3.63, 3.8) is 0 Å². The van der Waals surface area contributed by atoms with Gasteiger partial charge >= 0.3 is 0 Å². The van der Waals surface area contributed by atoms with E-state index in [4.69, 9.17) is 5.73 Å². The van der Waals surface area contributed by atoms with Gasteiger partial charge in [0, 0.05) is 26.3 Å². The molecule has 1 rings (SSSR count). The number of aryl methyl sites for hydroxylation is 1. The van der Waals surface area contributed by atoms with E-state index in [0.29, 0.717) is 6.54 Å². The minimum absolute atomic E-state index is 0.587. The number of benzene rings is 1. The highest BCUT2D eigenvalue weighted by molar-refractivity contribution is 5.68. The Morgan fingerprint density at radius 2 is 2.07 bits per heavy atom. The van der Waals surface area contributed by atoms with Crippen LogP contribution in [0.2, 0.25) is 0 Å². The van der Waals surface area contributed by atoms with Crippen molar-refractivity contribution in [1.82, 2.24) is 0 Å². The van der Waals surface area contributed by atoms with Gasteiger partial charge in [-0.15, -0.1) is 0 Å². The highest BCUT2D eigenvalue weighted by Crippen LogP contribution is 2.21. The van der Waals surface area contributed by atoms with E-state index in [1.54, 1.807) is 0 Å². The van der Waals surface area contributed by atoms with Gasteiger partial charge in [0.1, 0.15) is 0 Å². The molecule has 0 spiro atoms. The molecule has 0 radical (unpaired) electrons. The Hall–Kier alpha value is -1.28. The van der Waals surface area contributed by atoms with E-state index in [9.17, 15) is 0 Å². The van der Waals surface area contributed by atoms with Crippen LogP contribution in [-0.4, -0.2) is 20.6 Å². The monoisotopic (exact) mass is 204 g/mol. The molecular formula is C13H20N2. The molecule has 0 aliphatic heterocycles. The van der Waals surface area contributed by atoms with Gasteiger partial charge in [-0.25, -0.2) is 0 Å². The molecule has 82 valence electrons. The standard InChI is InChI=1S/C13H20N2/c1-4-11-7-8-13(15(2)3)12(10-11)6-5-9-14/h5-8,10H,4,9,14H2,1-3H3/b6-5+. The van der Waals surface area contributed by atoms with Crippen molar-refractivity contribution in [2.75, 3.05) is 25.5 Å². The summed E-state index contributed by atoms with van der Waals surface area (Å²) in [6.07, 6.45) is 5.15. The SMILES string of the molecule is CCc1ccc(N(C)C)c(/C=C/CN)c1. The Morgan fingerprint density at radius 3 is 2.60 bits per heavy atom. The van der Waals surface area contributed by atoms with Gasteiger partial charge in [0.25, 0.3) is 0 Å². The van der Waals surface area contributed by atoms with Crippen molar-refractivity contribution in [1.29, 1.82) is 0 Å². The molecule has 2 N–H and O–H groups in total. The van der Waals surface area contributed by atoms with Crippen molar-refractivity contribution in [2.45, 2.75) is 13.3 Å². The molecule has 0 amide bonds. The van der Waals surface area contributed by atoms with Gasteiger partial charge in [-0.05, 0) is 29.7 Å². The summed E-state index contributed by atoms with van der Waals surface area (Å²) in [5.74, 6) is 0. The molecule has 2 nitrogen and oxygen atoms in total. The smallest absolute Gasteiger partial charge is 0.0434 e. The summed E-state index contributed by atoms with van der Waals surface area (Å²) in [6, 6.07) is 6.56. The van der Waals surface area contributed by atoms with Gasteiger partial charge in [0.15, 0.2) is 0 Å². The van der Waals surface area contributed by atoms with Crippen molar-refractivity contribution >= 4 is 11.8 Å². The highest BCUT2D eigenvalue weighted by atomic mass is 15.1. The Labute approximate surface area is 92.4 Å². The zero-order chi connectivity index (χ0) is 11.3. The van der Waals surface area contributed by atoms with E-state index in [2.05, 4.69) is 50.2 Å². The zero-order valence-corrected chi connectivity index (χ0v) is 9.83. The first-order chi connectivity index (χ1) is 7.19. The van der Waals surface area contributed by atoms with Crippen LogP contribution in [0.4, 0.5) is 5.69 Å². The maximum atomic E-state index is 5.47. The van der Waals surface area contributed by atoms with Crippen LogP contribution in [-0.2, 0) is 6.42 Å². The van der Waals surface area contributed by atoms with Crippen molar-refractivity contribution < 1.29 is 0 Å². The van der Waals surface area contributed by atoms with Crippen LogP contribution in [0.15, 0.2) is 24.3 Å². The molecule has 0 bridgehead atoms. The van der Waals surface area contributed by atoms with E-state index in [1.807, 2.05) is 6.08 Å². The fourth-order valence-corrected chi connectivity index (χ4v) is 1.56. The Bertz CT molecular complexity index is 340. The lowest BCUT2D eigenvalue weighted by Crippen LogP contribution is -2.10. The number of nitrogens with zero attached hydrogens (tertiary/aromatic N) is 1. The average Bonchev–Trinajstić information content (AvgIpc) is 2.25. The molecule has 0 heterocycles. The summed E-state index contributed by atoms with van der Waals surface area (Å²) in [5, 5.41) is 0. The number of hydrogen-bond donors (Lipinski definition) is 1. The third-order valence-electron chi connectivity index (χ3n) is 2.42. The molecule has 2 heteroatoms. The minimum atomic E-state index is 0.587. The molecule has 0 aliphatic rings. The van der Waals surface area contributed by atoms with E-state index in [1.165, 1.54) is 16.8 Å². The quantitative estimate of drug-likeness (QED) is 0.815. The molecule has 15 heavy (non-hydrogen) atoms. The van der Waals surface area contributed by atoms with Gasteiger partial charge in [0.2, 0.25) is 0 Å². The van der Waals surface area contributed by atoms with Crippen LogP contribution in [0.3, 0.4) is 0 Å². The normalized spacial score (nSPS) is 10.9. The summed E-state index contributed by atoms with van der Waals surface area (Å²) in [5.41, 5.74) is 9.31. The zero-order valence-electron chi connectivity index (χ0n) is 9.83. The molecule has 1 aromatic rings. The van der Waals surface area contributed by atoms with Crippen LogP contribution in [0, 0.1) is 0 Å². The van der Waals surface area contributed by atoms with Crippen molar-refractivity contribution in [2.24, 2.45) is 5.73 Å². The first kappa shape index (κ1) is 11.8. The minimum Gasteiger partial charge on any atom is -0.377 e. The topological polar surface area (TPSA) is 29.3 Å². The Morgan fingerprint density at radius 1 is 1.33 bits per heavy atom.